The first-order chi connectivity index (χ1) is 15.4. The van der Waals surface area contributed by atoms with E-state index < -0.39 is 5.25 Å². The summed E-state index contributed by atoms with van der Waals surface area (Å²) >= 11 is 1.40. The van der Waals surface area contributed by atoms with Gasteiger partial charge in [-0.3, -0.25) is 9.36 Å². The molecule has 0 saturated carbocycles. The van der Waals surface area contributed by atoms with E-state index >= 15 is 0 Å². The topological polar surface area (TPSA) is 59.8 Å². The third-order valence-corrected chi connectivity index (χ3v) is 6.47. The van der Waals surface area contributed by atoms with Crippen molar-refractivity contribution in [3.8, 4) is 5.69 Å². The van der Waals surface area contributed by atoms with Gasteiger partial charge in [0.25, 0.3) is 0 Å². The summed E-state index contributed by atoms with van der Waals surface area (Å²) in [5.74, 6) is 0.686. The van der Waals surface area contributed by atoms with Crippen molar-refractivity contribution in [1.82, 2.24) is 14.8 Å². The maximum absolute atomic E-state index is 13.5. The molecular weight excluding hydrogens is 416 g/mol. The summed E-state index contributed by atoms with van der Waals surface area (Å²) in [6.07, 6.45) is 0. The van der Waals surface area contributed by atoms with Gasteiger partial charge in [-0.05, 0) is 68.1 Å². The fourth-order valence-electron chi connectivity index (χ4n) is 3.56. The standard InChI is InChI=1S/C26H26N4OS/c1-17-9-8-12-22(15-17)30-20(4)28-29-26(30)32-24(21-10-6-5-7-11-21)25(31)27-23-16-18(2)13-14-19(23)3/h5-16,24H,1-4H3,(H,27,31). The lowest BCUT2D eigenvalue weighted by Crippen LogP contribution is -2.20. The minimum atomic E-state index is -0.483. The fourth-order valence-corrected chi connectivity index (χ4v) is 4.66. The van der Waals surface area contributed by atoms with E-state index in [1.165, 1.54) is 11.8 Å². The maximum atomic E-state index is 13.5. The monoisotopic (exact) mass is 442 g/mol. The highest BCUT2D eigenvalue weighted by molar-refractivity contribution is 8.00. The van der Waals surface area contributed by atoms with Crippen LogP contribution < -0.4 is 5.32 Å². The Balaban J connectivity index is 1.70. The summed E-state index contributed by atoms with van der Waals surface area (Å²) in [6, 6.07) is 24.0. The molecule has 0 aliphatic carbocycles. The minimum Gasteiger partial charge on any atom is -0.325 e. The molecule has 0 aliphatic heterocycles. The van der Waals surface area contributed by atoms with Crippen molar-refractivity contribution in [3.05, 3.63) is 101 Å². The molecule has 0 bridgehead atoms. The van der Waals surface area contributed by atoms with Gasteiger partial charge in [-0.2, -0.15) is 0 Å². The van der Waals surface area contributed by atoms with Crippen LogP contribution in [0.5, 0.6) is 0 Å². The van der Waals surface area contributed by atoms with Crippen molar-refractivity contribution >= 4 is 23.4 Å². The first-order valence-corrected chi connectivity index (χ1v) is 11.4. The molecule has 0 aliphatic rings. The second-order valence-electron chi connectivity index (χ2n) is 7.92. The number of aryl methyl sites for hydroxylation is 4. The van der Waals surface area contributed by atoms with E-state index in [-0.39, 0.29) is 5.91 Å². The molecule has 0 fully saturated rings. The lowest BCUT2D eigenvalue weighted by atomic mass is 10.1. The molecular formula is C26H26N4OS. The Morgan fingerprint density at radius 2 is 1.62 bits per heavy atom. The predicted octanol–water partition coefficient (Wildman–Crippen LogP) is 5.97. The molecule has 6 heteroatoms. The number of hydrogen-bond acceptors (Lipinski definition) is 4. The van der Waals surface area contributed by atoms with E-state index in [1.54, 1.807) is 0 Å². The van der Waals surface area contributed by atoms with Gasteiger partial charge in [0.1, 0.15) is 11.1 Å². The quantitative estimate of drug-likeness (QED) is 0.374. The van der Waals surface area contributed by atoms with Crippen LogP contribution in [0.25, 0.3) is 5.69 Å². The van der Waals surface area contributed by atoms with Gasteiger partial charge in [0.2, 0.25) is 5.91 Å². The van der Waals surface area contributed by atoms with E-state index in [2.05, 4.69) is 34.6 Å². The van der Waals surface area contributed by atoms with Crippen LogP contribution in [0.4, 0.5) is 5.69 Å². The molecule has 4 aromatic rings. The lowest BCUT2D eigenvalue weighted by Gasteiger charge is -2.18. The highest BCUT2D eigenvalue weighted by atomic mass is 32.2. The van der Waals surface area contributed by atoms with Crippen LogP contribution in [0.15, 0.2) is 78.0 Å². The van der Waals surface area contributed by atoms with Crippen LogP contribution >= 0.6 is 11.8 Å². The molecule has 0 saturated heterocycles. The highest BCUT2D eigenvalue weighted by Gasteiger charge is 2.26. The fraction of sp³-hybridized carbons (Fsp3) is 0.192. The van der Waals surface area contributed by atoms with Crippen molar-refractivity contribution in [1.29, 1.82) is 0 Å². The van der Waals surface area contributed by atoms with Crippen LogP contribution in [-0.2, 0) is 4.79 Å². The zero-order valence-electron chi connectivity index (χ0n) is 18.7. The van der Waals surface area contributed by atoms with E-state index in [0.717, 1.165) is 39.5 Å². The summed E-state index contributed by atoms with van der Waals surface area (Å²) in [7, 11) is 0. The summed E-state index contributed by atoms with van der Waals surface area (Å²) in [4.78, 5) is 13.5. The lowest BCUT2D eigenvalue weighted by molar-refractivity contribution is -0.115. The van der Waals surface area contributed by atoms with Crippen molar-refractivity contribution in [2.75, 3.05) is 5.32 Å². The molecule has 4 rings (SSSR count). The number of benzene rings is 3. The molecule has 0 radical (unpaired) electrons. The minimum absolute atomic E-state index is 0.0913. The molecule has 0 spiro atoms. The third-order valence-electron chi connectivity index (χ3n) is 5.27. The van der Waals surface area contributed by atoms with Gasteiger partial charge in [-0.25, -0.2) is 0 Å². The Hall–Kier alpha value is -3.38. The van der Waals surface area contributed by atoms with E-state index in [9.17, 15) is 4.79 Å². The average Bonchev–Trinajstić information content (AvgIpc) is 3.15. The summed E-state index contributed by atoms with van der Waals surface area (Å²) in [5.41, 5.74) is 6.00. The SMILES string of the molecule is Cc1cccc(-n2c(C)nnc2SC(C(=O)Nc2cc(C)ccc2C)c2ccccc2)c1. The second-order valence-corrected chi connectivity index (χ2v) is 8.99. The van der Waals surface area contributed by atoms with Crippen LogP contribution in [0.2, 0.25) is 0 Å². The average molecular weight is 443 g/mol. The van der Waals surface area contributed by atoms with Crippen LogP contribution in [0, 0.1) is 27.7 Å². The zero-order valence-corrected chi connectivity index (χ0v) is 19.5. The molecule has 1 aromatic heterocycles. The van der Waals surface area contributed by atoms with Gasteiger partial charge in [-0.15, -0.1) is 10.2 Å². The normalized spacial score (nSPS) is 11.9. The van der Waals surface area contributed by atoms with Gasteiger partial charge < -0.3 is 5.32 Å². The molecule has 1 N–H and O–H groups in total. The number of amides is 1. The maximum Gasteiger partial charge on any atom is 0.242 e. The number of carbonyl (C=O) groups is 1. The number of hydrogen-bond donors (Lipinski definition) is 1. The number of nitrogens with zero attached hydrogens (tertiary/aromatic N) is 3. The number of thioether (sulfide) groups is 1. The number of anilines is 1. The van der Waals surface area contributed by atoms with Crippen molar-refractivity contribution in [3.63, 3.8) is 0 Å². The number of rotatable bonds is 6. The smallest absolute Gasteiger partial charge is 0.242 e. The summed E-state index contributed by atoms with van der Waals surface area (Å²) < 4.78 is 2.00. The molecule has 1 amide bonds. The van der Waals surface area contributed by atoms with Crippen LogP contribution in [0.1, 0.15) is 33.3 Å². The van der Waals surface area contributed by atoms with E-state index in [1.807, 2.05) is 86.0 Å². The summed E-state index contributed by atoms with van der Waals surface area (Å²) in [6.45, 7) is 8.00. The molecule has 1 atom stereocenters. The Kier molecular flexibility index (Phi) is 6.42. The van der Waals surface area contributed by atoms with Crippen molar-refractivity contribution < 1.29 is 4.79 Å². The van der Waals surface area contributed by atoms with Crippen molar-refractivity contribution in [2.45, 2.75) is 38.1 Å². The van der Waals surface area contributed by atoms with Gasteiger partial charge in [0, 0.05) is 11.4 Å². The van der Waals surface area contributed by atoms with Gasteiger partial charge in [0.05, 0.1) is 0 Å². The molecule has 1 unspecified atom stereocenters. The largest absolute Gasteiger partial charge is 0.325 e. The highest BCUT2D eigenvalue weighted by Crippen LogP contribution is 2.37. The van der Waals surface area contributed by atoms with Gasteiger partial charge >= 0.3 is 0 Å². The number of carbonyl (C=O) groups excluding carboxylic acids is 1. The Morgan fingerprint density at radius 3 is 2.38 bits per heavy atom. The number of aromatic nitrogens is 3. The Morgan fingerprint density at radius 1 is 0.875 bits per heavy atom. The van der Waals surface area contributed by atoms with Crippen molar-refractivity contribution in [2.24, 2.45) is 0 Å². The Bertz CT molecular complexity index is 1250. The Labute approximate surface area is 192 Å². The zero-order chi connectivity index (χ0) is 22.7. The molecule has 3 aromatic carbocycles. The van der Waals surface area contributed by atoms with Gasteiger partial charge in [-0.1, -0.05) is 66.4 Å². The molecule has 5 nitrogen and oxygen atoms in total. The summed E-state index contributed by atoms with van der Waals surface area (Å²) in [5, 5.41) is 12.0. The first-order valence-electron chi connectivity index (χ1n) is 10.5. The van der Waals surface area contributed by atoms with E-state index in [0.29, 0.717) is 5.16 Å². The van der Waals surface area contributed by atoms with Gasteiger partial charge in [0.15, 0.2) is 5.16 Å². The molecule has 32 heavy (non-hydrogen) atoms. The number of nitrogens with one attached hydrogen (secondary N) is 1. The predicted molar refractivity (Wildman–Crippen MR) is 130 cm³/mol. The second kappa shape index (κ2) is 9.40. The van der Waals surface area contributed by atoms with Crippen LogP contribution in [-0.4, -0.2) is 20.7 Å². The van der Waals surface area contributed by atoms with E-state index in [4.69, 9.17) is 0 Å². The van der Waals surface area contributed by atoms with Crippen LogP contribution in [0.3, 0.4) is 0 Å². The molecule has 1 heterocycles. The first kappa shape index (κ1) is 21.8. The third kappa shape index (κ3) is 4.75. The molecule has 162 valence electrons.